The number of carbonyl (C=O) groups is 2. The molecule has 11 nitrogen and oxygen atoms in total. The average molecular weight is 1230 g/mol. The molecule has 7 atom stereocenters. The summed E-state index contributed by atoms with van der Waals surface area (Å²) in [5.74, 6) is -0.181. The van der Waals surface area contributed by atoms with Crippen LogP contribution in [0.1, 0.15) is 361 Å². The second-order valence-corrected chi connectivity index (χ2v) is 26.0. The van der Waals surface area contributed by atoms with Crippen LogP contribution in [-0.2, 0) is 23.8 Å². The Kier molecular flexibility index (Phi) is 61.9. The van der Waals surface area contributed by atoms with Gasteiger partial charge in [-0.2, -0.15) is 0 Å². The van der Waals surface area contributed by atoms with Gasteiger partial charge in [0.25, 0.3) is 0 Å². The standard InChI is InChI=1S/C76H141NO10/c1-3-5-7-9-11-13-15-16-36-39-43-46-50-54-58-62-69(79)68(67-86-76-75(84)74(83)73(82)70(66-78)87-76)77-71(80)63-59-55-51-47-44-40-37-34-32-30-28-26-24-22-20-18-17-19-21-23-25-27-29-31-33-35-38-41-45-49-53-57-61-65-85-72(81)64-60-56-52-48-42-14-12-10-8-6-4-2/h21,23,27,29,43,46,58,62,68-70,73-76,78-79,82-84H,3-20,22,24-26,28,30-42,44-45,47-57,59-61,63-67H2,1-2H3,(H,77,80)/b23-21-,29-27-,46-43+,62-58+. The highest BCUT2D eigenvalue weighted by Crippen LogP contribution is 2.23. The van der Waals surface area contributed by atoms with E-state index in [4.69, 9.17) is 14.2 Å². The number of rotatable bonds is 66. The summed E-state index contributed by atoms with van der Waals surface area (Å²) in [6, 6.07) is -0.827. The van der Waals surface area contributed by atoms with Gasteiger partial charge < -0.3 is 45.1 Å². The maximum Gasteiger partial charge on any atom is 0.305 e. The summed E-state index contributed by atoms with van der Waals surface area (Å²) in [4.78, 5) is 25.1. The van der Waals surface area contributed by atoms with Gasteiger partial charge >= 0.3 is 5.97 Å². The zero-order valence-corrected chi connectivity index (χ0v) is 56.7. The van der Waals surface area contributed by atoms with Gasteiger partial charge in [0.15, 0.2) is 6.29 Å². The molecule has 0 bridgehead atoms. The van der Waals surface area contributed by atoms with Gasteiger partial charge in [-0.05, 0) is 77.0 Å². The third-order valence-corrected chi connectivity index (χ3v) is 17.7. The summed E-state index contributed by atoms with van der Waals surface area (Å²) >= 11 is 0. The van der Waals surface area contributed by atoms with Crippen molar-refractivity contribution >= 4 is 11.9 Å². The molecule has 0 radical (unpaired) electrons. The minimum atomic E-state index is -1.58. The Morgan fingerprint density at radius 3 is 1.21 bits per heavy atom. The zero-order valence-electron chi connectivity index (χ0n) is 56.7. The van der Waals surface area contributed by atoms with Crippen molar-refractivity contribution in [3.05, 3.63) is 48.6 Å². The van der Waals surface area contributed by atoms with Gasteiger partial charge in [-0.25, -0.2) is 0 Å². The molecule has 0 saturated carbocycles. The van der Waals surface area contributed by atoms with Crippen molar-refractivity contribution in [1.82, 2.24) is 5.32 Å². The molecule has 6 N–H and O–H groups in total. The molecule has 1 amide bonds. The Morgan fingerprint density at radius 1 is 0.425 bits per heavy atom. The molecule has 510 valence electrons. The average Bonchev–Trinajstić information content (AvgIpc) is 3.16. The number of hydrogen-bond acceptors (Lipinski definition) is 10. The molecule has 0 spiro atoms. The summed E-state index contributed by atoms with van der Waals surface area (Å²) in [5.41, 5.74) is 0. The van der Waals surface area contributed by atoms with Crippen molar-refractivity contribution in [2.45, 2.75) is 403 Å². The lowest BCUT2D eigenvalue weighted by Gasteiger charge is -2.40. The highest BCUT2D eigenvalue weighted by atomic mass is 16.7. The Balaban J connectivity index is 1.98. The number of amides is 1. The Hall–Kier alpha value is -2.38. The first kappa shape index (κ1) is 82.6. The van der Waals surface area contributed by atoms with E-state index in [2.05, 4.69) is 55.6 Å². The lowest BCUT2D eigenvalue weighted by atomic mass is 9.99. The number of aliphatic hydroxyl groups is 5. The Bertz CT molecular complexity index is 1580. The SMILES string of the molecule is CCCCCCCCCCC/C=C/CC/C=C/C(O)C(COC1OC(CO)C(O)C(O)C1O)NC(=O)CCCCCCCCCCCCCCCCCCC/C=C\C/C=C\CCCCCCCCCCCOC(=O)CCCCCCCCCCCCC. The topological polar surface area (TPSA) is 175 Å². The van der Waals surface area contributed by atoms with Gasteiger partial charge in [0.05, 0.1) is 32.0 Å². The van der Waals surface area contributed by atoms with E-state index in [0.717, 1.165) is 64.2 Å². The quantitative estimate of drug-likeness (QED) is 0.0195. The van der Waals surface area contributed by atoms with E-state index in [9.17, 15) is 35.1 Å². The van der Waals surface area contributed by atoms with E-state index in [-0.39, 0.29) is 18.5 Å². The largest absolute Gasteiger partial charge is 0.466 e. The Labute approximate surface area is 536 Å². The van der Waals surface area contributed by atoms with Crippen molar-refractivity contribution in [2.75, 3.05) is 19.8 Å². The number of unbranched alkanes of at least 4 members (excludes halogenated alkanes) is 46. The smallest absolute Gasteiger partial charge is 0.305 e. The third-order valence-electron chi connectivity index (χ3n) is 17.7. The summed E-state index contributed by atoms with van der Waals surface area (Å²) in [6.07, 6.45) is 75.4. The number of aliphatic hydroxyl groups excluding tert-OH is 5. The molecule has 0 aromatic rings. The van der Waals surface area contributed by atoms with Crippen LogP contribution in [0.15, 0.2) is 48.6 Å². The lowest BCUT2D eigenvalue weighted by Crippen LogP contribution is -2.60. The van der Waals surface area contributed by atoms with Crippen LogP contribution in [0.2, 0.25) is 0 Å². The first-order valence-corrected chi connectivity index (χ1v) is 37.4. The molecular weight excluding hydrogens is 1090 g/mol. The molecule has 0 aromatic heterocycles. The monoisotopic (exact) mass is 1230 g/mol. The summed E-state index contributed by atoms with van der Waals surface area (Å²) < 4.78 is 16.7. The van der Waals surface area contributed by atoms with E-state index in [1.165, 1.54) is 270 Å². The fraction of sp³-hybridized carbons (Fsp3) is 0.868. The molecule has 1 saturated heterocycles. The minimum absolute atomic E-state index is 0.00660. The zero-order chi connectivity index (χ0) is 63.0. The van der Waals surface area contributed by atoms with Gasteiger partial charge in [-0.3, -0.25) is 9.59 Å². The van der Waals surface area contributed by atoms with E-state index >= 15 is 0 Å². The number of allylic oxidation sites excluding steroid dienone is 7. The first-order chi connectivity index (χ1) is 42.7. The highest BCUT2D eigenvalue weighted by molar-refractivity contribution is 5.76. The maximum absolute atomic E-state index is 13.1. The Morgan fingerprint density at radius 2 is 0.782 bits per heavy atom. The van der Waals surface area contributed by atoms with Crippen LogP contribution in [0.25, 0.3) is 0 Å². The van der Waals surface area contributed by atoms with Crippen LogP contribution in [0.4, 0.5) is 0 Å². The summed E-state index contributed by atoms with van der Waals surface area (Å²) in [5, 5.41) is 54.6. The van der Waals surface area contributed by atoms with Crippen LogP contribution < -0.4 is 5.32 Å². The molecule has 0 aromatic carbocycles. The maximum atomic E-state index is 13.1. The number of hydrogen-bond donors (Lipinski definition) is 6. The van der Waals surface area contributed by atoms with Crippen LogP contribution in [0, 0.1) is 0 Å². The molecule has 1 heterocycles. The first-order valence-electron chi connectivity index (χ1n) is 37.4. The predicted molar refractivity (Wildman–Crippen MR) is 366 cm³/mol. The third kappa shape index (κ3) is 53.9. The number of nitrogens with one attached hydrogen (secondary N) is 1. The fourth-order valence-corrected chi connectivity index (χ4v) is 11.8. The van der Waals surface area contributed by atoms with E-state index in [1.807, 2.05) is 6.08 Å². The van der Waals surface area contributed by atoms with Crippen LogP contribution in [0.3, 0.4) is 0 Å². The molecule has 7 unspecified atom stereocenters. The van der Waals surface area contributed by atoms with E-state index < -0.39 is 49.5 Å². The predicted octanol–water partition coefficient (Wildman–Crippen LogP) is 19.5. The molecule has 87 heavy (non-hydrogen) atoms. The van der Waals surface area contributed by atoms with E-state index in [1.54, 1.807) is 6.08 Å². The minimum Gasteiger partial charge on any atom is -0.466 e. The van der Waals surface area contributed by atoms with Crippen molar-refractivity contribution in [2.24, 2.45) is 0 Å². The van der Waals surface area contributed by atoms with Crippen LogP contribution in [0.5, 0.6) is 0 Å². The molecule has 1 aliphatic rings. The van der Waals surface area contributed by atoms with E-state index in [0.29, 0.717) is 19.4 Å². The highest BCUT2D eigenvalue weighted by Gasteiger charge is 2.44. The van der Waals surface area contributed by atoms with Gasteiger partial charge in [0.2, 0.25) is 5.91 Å². The lowest BCUT2D eigenvalue weighted by molar-refractivity contribution is -0.302. The van der Waals surface area contributed by atoms with Gasteiger partial charge in [-0.15, -0.1) is 0 Å². The number of ether oxygens (including phenoxy) is 3. The second kappa shape index (κ2) is 65.1. The molecule has 1 fully saturated rings. The van der Waals surface area contributed by atoms with Gasteiger partial charge in [0.1, 0.15) is 24.4 Å². The molecule has 1 aliphatic heterocycles. The molecule has 0 aliphatic carbocycles. The van der Waals surface area contributed by atoms with Crippen molar-refractivity contribution in [3.8, 4) is 0 Å². The fourth-order valence-electron chi connectivity index (χ4n) is 11.8. The van der Waals surface area contributed by atoms with Crippen LogP contribution >= 0.6 is 0 Å². The number of esters is 1. The molecule has 1 rings (SSSR count). The summed E-state index contributed by atoms with van der Waals surface area (Å²) in [6.45, 7) is 4.36. The second-order valence-electron chi connectivity index (χ2n) is 26.0. The van der Waals surface area contributed by atoms with Gasteiger partial charge in [-0.1, -0.05) is 319 Å². The normalized spacial score (nSPS) is 18.1. The van der Waals surface area contributed by atoms with Crippen LogP contribution in [-0.4, -0.2) is 100 Å². The number of carbonyl (C=O) groups excluding carboxylic acids is 2. The van der Waals surface area contributed by atoms with Crippen molar-refractivity contribution in [1.29, 1.82) is 0 Å². The molecular formula is C76H141NO10. The van der Waals surface area contributed by atoms with Crippen molar-refractivity contribution in [3.63, 3.8) is 0 Å². The molecule has 11 heteroatoms. The van der Waals surface area contributed by atoms with Gasteiger partial charge in [0, 0.05) is 12.8 Å². The van der Waals surface area contributed by atoms with Crippen molar-refractivity contribution < 1.29 is 49.3 Å². The summed E-state index contributed by atoms with van der Waals surface area (Å²) in [7, 11) is 0.